The number of carbonyl (C=O) groups excluding carboxylic acids is 1. The van der Waals surface area contributed by atoms with Crippen LogP contribution in [0.2, 0.25) is 0 Å². The normalized spacial score (nSPS) is 10.3. The fourth-order valence-corrected chi connectivity index (χ4v) is 2.47. The molecule has 2 heterocycles. The number of ether oxygens (including phenoxy) is 2. The molecule has 0 saturated heterocycles. The van der Waals surface area contributed by atoms with Crippen molar-refractivity contribution in [2.45, 2.75) is 13.5 Å². The first-order valence-electron chi connectivity index (χ1n) is 6.30. The van der Waals surface area contributed by atoms with Crippen LogP contribution in [0.3, 0.4) is 0 Å². The van der Waals surface area contributed by atoms with E-state index in [4.69, 9.17) is 9.47 Å². The van der Waals surface area contributed by atoms with Gasteiger partial charge in [0.2, 0.25) is 5.88 Å². The summed E-state index contributed by atoms with van der Waals surface area (Å²) in [7, 11) is 4.71. The van der Waals surface area contributed by atoms with Gasteiger partial charge >= 0.3 is 5.97 Å². The molecule has 0 radical (unpaired) electrons. The van der Waals surface area contributed by atoms with E-state index in [2.05, 4.69) is 9.97 Å². The molecule has 0 fully saturated rings. The first kappa shape index (κ1) is 15.2. The monoisotopic (exact) mass is 307 g/mol. The molecule has 0 aliphatic carbocycles. The summed E-state index contributed by atoms with van der Waals surface area (Å²) < 4.78 is 9.86. The van der Waals surface area contributed by atoms with Gasteiger partial charge in [-0.25, -0.2) is 9.78 Å². The molecule has 0 aliphatic rings. The summed E-state index contributed by atoms with van der Waals surface area (Å²) in [6.45, 7) is 2.61. The molecule has 112 valence electrons. The lowest BCUT2D eigenvalue weighted by molar-refractivity contribution is 0.0596. The minimum Gasteiger partial charge on any atom is -0.480 e. The fourth-order valence-electron chi connectivity index (χ4n) is 1.87. The number of esters is 1. The summed E-state index contributed by atoms with van der Waals surface area (Å²) in [6, 6.07) is 3.41. The quantitative estimate of drug-likeness (QED) is 0.790. The molecule has 0 amide bonds. The smallest absolute Gasteiger partial charge is 0.343 e. The van der Waals surface area contributed by atoms with E-state index >= 15 is 0 Å². The van der Waals surface area contributed by atoms with Gasteiger partial charge in [0, 0.05) is 12.4 Å². The second-order valence-electron chi connectivity index (χ2n) is 4.43. The molecule has 0 aromatic carbocycles. The number of methoxy groups -OCH3 is 2. The molecule has 0 saturated carbocycles. The Hall–Kier alpha value is -2.15. The van der Waals surface area contributed by atoms with Crippen LogP contribution in [0.4, 0.5) is 5.82 Å². The van der Waals surface area contributed by atoms with Crippen LogP contribution in [-0.4, -0.2) is 37.2 Å². The van der Waals surface area contributed by atoms with E-state index in [9.17, 15) is 4.79 Å². The first-order chi connectivity index (χ1) is 10.0. The van der Waals surface area contributed by atoms with Crippen molar-refractivity contribution in [3.05, 3.63) is 33.8 Å². The van der Waals surface area contributed by atoms with Crippen LogP contribution < -0.4 is 9.64 Å². The van der Waals surface area contributed by atoms with Crippen LogP contribution in [-0.2, 0) is 11.3 Å². The highest BCUT2D eigenvalue weighted by atomic mass is 32.1. The molecule has 2 aromatic rings. The van der Waals surface area contributed by atoms with E-state index in [0.717, 1.165) is 10.7 Å². The zero-order valence-electron chi connectivity index (χ0n) is 12.4. The highest BCUT2D eigenvalue weighted by Crippen LogP contribution is 2.22. The number of nitrogens with zero attached hydrogens (tertiary/aromatic N) is 3. The number of rotatable bonds is 5. The van der Waals surface area contributed by atoms with Crippen molar-refractivity contribution in [2.24, 2.45) is 0 Å². The van der Waals surface area contributed by atoms with E-state index in [1.807, 2.05) is 24.3 Å². The Morgan fingerprint density at radius 3 is 2.67 bits per heavy atom. The molecular weight excluding hydrogens is 290 g/mol. The number of aromatic nitrogens is 2. The van der Waals surface area contributed by atoms with E-state index in [1.54, 1.807) is 23.5 Å². The second-order valence-corrected chi connectivity index (χ2v) is 5.49. The lowest BCUT2D eigenvalue weighted by atomic mass is 10.2. The standard InChI is InChI=1S/C14H17N3O3S/c1-9-15-10(8-21-9)7-17(2)12-6-5-11(14(18)20-4)13(16-12)19-3/h5-6,8H,7H2,1-4H3. The maximum atomic E-state index is 11.6. The number of carbonyl (C=O) groups is 1. The number of hydrogen-bond donors (Lipinski definition) is 0. The average Bonchev–Trinajstić information content (AvgIpc) is 2.90. The third-order valence-corrected chi connectivity index (χ3v) is 3.72. The number of hydrogen-bond acceptors (Lipinski definition) is 7. The molecule has 21 heavy (non-hydrogen) atoms. The second kappa shape index (κ2) is 6.53. The summed E-state index contributed by atoms with van der Waals surface area (Å²) in [5, 5.41) is 3.05. The zero-order valence-corrected chi connectivity index (χ0v) is 13.2. The molecule has 0 N–H and O–H groups in total. The van der Waals surface area contributed by atoms with Crippen LogP contribution in [0.1, 0.15) is 21.1 Å². The highest BCUT2D eigenvalue weighted by Gasteiger charge is 2.16. The van der Waals surface area contributed by atoms with E-state index in [-0.39, 0.29) is 5.88 Å². The summed E-state index contributed by atoms with van der Waals surface area (Å²) in [5.41, 5.74) is 1.29. The largest absolute Gasteiger partial charge is 0.480 e. The van der Waals surface area contributed by atoms with Crippen molar-refractivity contribution in [3.8, 4) is 5.88 Å². The SMILES string of the molecule is COC(=O)c1ccc(N(C)Cc2csc(C)n2)nc1OC. The number of thiazole rings is 1. The van der Waals surface area contributed by atoms with Crippen molar-refractivity contribution < 1.29 is 14.3 Å². The molecule has 2 rings (SSSR count). The van der Waals surface area contributed by atoms with Crippen molar-refractivity contribution in [3.63, 3.8) is 0 Å². The van der Waals surface area contributed by atoms with Crippen molar-refractivity contribution in [1.29, 1.82) is 0 Å². The lowest BCUT2D eigenvalue weighted by Crippen LogP contribution is -2.19. The predicted octanol–water partition coefficient (Wildman–Crippen LogP) is 2.28. The van der Waals surface area contributed by atoms with Crippen LogP contribution in [0.5, 0.6) is 5.88 Å². The van der Waals surface area contributed by atoms with Crippen LogP contribution in [0, 0.1) is 6.92 Å². The minimum atomic E-state index is -0.469. The molecule has 7 heteroatoms. The van der Waals surface area contributed by atoms with Gasteiger partial charge in [-0.15, -0.1) is 11.3 Å². The first-order valence-corrected chi connectivity index (χ1v) is 7.18. The number of anilines is 1. The molecule has 0 unspecified atom stereocenters. The summed E-state index contributed by atoms with van der Waals surface area (Å²) in [5.74, 6) is 0.481. The molecule has 0 bridgehead atoms. The van der Waals surface area contributed by atoms with Gasteiger partial charge in [-0.3, -0.25) is 0 Å². The van der Waals surface area contributed by atoms with Gasteiger partial charge < -0.3 is 14.4 Å². The molecule has 2 aromatic heterocycles. The molecule has 0 spiro atoms. The molecule has 0 atom stereocenters. The molecular formula is C14H17N3O3S. The zero-order chi connectivity index (χ0) is 15.4. The van der Waals surface area contributed by atoms with Gasteiger partial charge in [-0.2, -0.15) is 4.98 Å². The summed E-state index contributed by atoms with van der Waals surface area (Å²) in [6.07, 6.45) is 0. The minimum absolute atomic E-state index is 0.251. The van der Waals surface area contributed by atoms with Crippen molar-refractivity contribution in [2.75, 3.05) is 26.2 Å². The third kappa shape index (κ3) is 3.49. The van der Waals surface area contributed by atoms with E-state index in [1.165, 1.54) is 14.2 Å². The Bertz CT molecular complexity index is 642. The number of aryl methyl sites for hydroxylation is 1. The summed E-state index contributed by atoms with van der Waals surface area (Å²) >= 11 is 1.61. The van der Waals surface area contributed by atoms with Gasteiger partial charge in [0.25, 0.3) is 0 Å². The topological polar surface area (TPSA) is 64.5 Å². The predicted molar refractivity (Wildman–Crippen MR) is 81.1 cm³/mol. The Morgan fingerprint density at radius 1 is 1.33 bits per heavy atom. The Labute approximate surface area is 127 Å². The van der Waals surface area contributed by atoms with E-state index < -0.39 is 5.97 Å². The summed E-state index contributed by atoms with van der Waals surface area (Å²) in [4.78, 5) is 22.3. The van der Waals surface area contributed by atoms with Gasteiger partial charge in [0.1, 0.15) is 11.4 Å². The van der Waals surface area contributed by atoms with Crippen molar-refractivity contribution in [1.82, 2.24) is 9.97 Å². The Kier molecular flexibility index (Phi) is 4.74. The van der Waals surface area contributed by atoms with Gasteiger partial charge in [-0.05, 0) is 19.1 Å². The Morgan fingerprint density at radius 2 is 2.10 bits per heavy atom. The van der Waals surface area contributed by atoms with Crippen LogP contribution in [0.15, 0.2) is 17.5 Å². The Balaban J connectivity index is 2.21. The third-order valence-electron chi connectivity index (χ3n) is 2.90. The highest BCUT2D eigenvalue weighted by molar-refractivity contribution is 7.09. The van der Waals surface area contributed by atoms with Crippen LogP contribution >= 0.6 is 11.3 Å². The fraction of sp³-hybridized carbons (Fsp3) is 0.357. The molecule has 0 aliphatic heterocycles. The van der Waals surface area contributed by atoms with Crippen LogP contribution in [0.25, 0.3) is 0 Å². The van der Waals surface area contributed by atoms with Gasteiger partial charge in [-0.1, -0.05) is 0 Å². The van der Waals surface area contributed by atoms with Gasteiger partial charge in [0.05, 0.1) is 31.5 Å². The number of pyridine rings is 1. The molecule has 6 nitrogen and oxygen atoms in total. The van der Waals surface area contributed by atoms with Gasteiger partial charge in [0.15, 0.2) is 0 Å². The van der Waals surface area contributed by atoms with Crippen molar-refractivity contribution >= 4 is 23.1 Å². The van der Waals surface area contributed by atoms with E-state index in [0.29, 0.717) is 17.9 Å². The maximum Gasteiger partial charge on any atom is 0.343 e. The lowest BCUT2D eigenvalue weighted by Gasteiger charge is -2.18. The average molecular weight is 307 g/mol. The maximum absolute atomic E-state index is 11.6.